The molecule has 5 nitrogen and oxygen atoms in total. The van der Waals surface area contributed by atoms with Gasteiger partial charge in [0.05, 0.1) is 28.2 Å². The van der Waals surface area contributed by atoms with Crippen LogP contribution in [0, 0.1) is 0 Å². The molecular formula is C18H18Cl2NO4-. The van der Waals surface area contributed by atoms with E-state index in [9.17, 15) is 14.7 Å². The smallest absolute Gasteiger partial charge is 0.336 e. The number of hydrogen-bond donors (Lipinski definition) is 1. The number of aliphatic carboxylic acids is 1. The van der Waals surface area contributed by atoms with Crippen molar-refractivity contribution < 1.29 is 19.4 Å². The monoisotopic (exact) mass is 382 g/mol. The van der Waals surface area contributed by atoms with Gasteiger partial charge >= 0.3 is 5.97 Å². The summed E-state index contributed by atoms with van der Waals surface area (Å²) in [4.78, 5) is 24.4. The minimum atomic E-state index is -1.39. The van der Waals surface area contributed by atoms with Gasteiger partial charge in [-0.05, 0) is 31.9 Å². The third-order valence-corrected chi connectivity index (χ3v) is 4.76. The van der Waals surface area contributed by atoms with Crippen molar-refractivity contribution in [3.63, 3.8) is 0 Å². The van der Waals surface area contributed by atoms with Crippen molar-refractivity contribution in [3.8, 4) is 0 Å². The molecule has 0 radical (unpaired) electrons. The van der Waals surface area contributed by atoms with E-state index in [2.05, 4.69) is 5.32 Å². The van der Waals surface area contributed by atoms with Crippen LogP contribution < -0.4 is 10.4 Å². The second-order valence-electron chi connectivity index (χ2n) is 5.70. The van der Waals surface area contributed by atoms with Crippen molar-refractivity contribution in [1.82, 2.24) is 5.32 Å². The van der Waals surface area contributed by atoms with Crippen molar-refractivity contribution in [3.05, 3.63) is 56.3 Å². The fourth-order valence-corrected chi connectivity index (χ4v) is 3.28. The highest BCUT2D eigenvalue weighted by atomic mass is 35.5. The first-order valence-electron chi connectivity index (χ1n) is 7.80. The van der Waals surface area contributed by atoms with Gasteiger partial charge in [0, 0.05) is 22.9 Å². The van der Waals surface area contributed by atoms with Crippen LogP contribution >= 0.6 is 23.2 Å². The van der Waals surface area contributed by atoms with Crippen LogP contribution in [0.2, 0.25) is 10.0 Å². The minimum Gasteiger partial charge on any atom is -0.545 e. The van der Waals surface area contributed by atoms with Gasteiger partial charge in [-0.25, -0.2) is 4.79 Å². The van der Waals surface area contributed by atoms with Gasteiger partial charge < -0.3 is 20.0 Å². The third kappa shape index (κ3) is 3.83. The van der Waals surface area contributed by atoms with Crippen LogP contribution in [0.1, 0.15) is 38.7 Å². The lowest BCUT2D eigenvalue weighted by atomic mass is 9.80. The van der Waals surface area contributed by atoms with Gasteiger partial charge in [-0.1, -0.05) is 42.3 Å². The van der Waals surface area contributed by atoms with E-state index in [1.54, 1.807) is 32.0 Å². The van der Waals surface area contributed by atoms with E-state index in [4.69, 9.17) is 27.9 Å². The van der Waals surface area contributed by atoms with E-state index < -0.39 is 17.9 Å². The third-order valence-electron chi connectivity index (χ3n) is 3.93. The first-order valence-corrected chi connectivity index (χ1v) is 8.56. The summed E-state index contributed by atoms with van der Waals surface area (Å²) in [7, 11) is 0. The summed E-state index contributed by atoms with van der Waals surface area (Å²) >= 11 is 12.4. The minimum absolute atomic E-state index is 0.0711. The number of esters is 1. The predicted octanol–water partition coefficient (Wildman–Crippen LogP) is 2.93. The Morgan fingerprint density at radius 2 is 1.84 bits per heavy atom. The summed E-state index contributed by atoms with van der Waals surface area (Å²) in [6.07, 6.45) is 0.649. The van der Waals surface area contributed by atoms with Crippen LogP contribution in [-0.2, 0) is 14.3 Å². The number of carbonyl (C=O) groups excluding carboxylic acids is 2. The summed E-state index contributed by atoms with van der Waals surface area (Å²) in [5.41, 5.74) is 1.41. The molecule has 25 heavy (non-hydrogen) atoms. The second-order valence-corrected chi connectivity index (χ2v) is 6.49. The molecule has 0 fully saturated rings. The Kier molecular flexibility index (Phi) is 6.14. The van der Waals surface area contributed by atoms with Gasteiger partial charge in [-0.3, -0.25) is 0 Å². The number of hydrogen-bond acceptors (Lipinski definition) is 5. The molecule has 0 saturated heterocycles. The number of benzene rings is 1. The molecule has 1 aliphatic heterocycles. The molecule has 1 atom stereocenters. The summed E-state index contributed by atoms with van der Waals surface area (Å²) in [6.45, 7) is 5.39. The predicted molar refractivity (Wildman–Crippen MR) is 94.0 cm³/mol. The maximum absolute atomic E-state index is 12.6. The number of dihydropyridines is 1. The highest BCUT2D eigenvalue weighted by molar-refractivity contribution is 6.42. The maximum atomic E-state index is 12.6. The molecule has 134 valence electrons. The SMILES string of the molecule is CCCOC(=O)C1=C(C)NC(C)=C(C(=O)[O-])C1c1cccc(Cl)c1Cl. The first-order chi connectivity index (χ1) is 11.8. The van der Waals surface area contributed by atoms with Crippen LogP contribution in [0.25, 0.3) is 0 Å². The quantitative estimate of drug-likeness (QED) is 0.791. The molecule has 0 saturated carbocycles. The normalized spacial score (nSPS) is 17.4. The summed E-state index contributed by atoms with van der Waals surface area (Å²) in [5, 5.41) is 15.1. The standard InChI is InChI=1S/C18H19Cl2NO4/c1-4-8-25-18(24)14-10(3)21-9(2)13(17(22)23)15(14)11-6-5-7-12(19)16(11)20/h5-7,15,21H,4,8H2,1-3H3,(H,22,23)/p-1. The fourth-order valence-electron chi connectivity index (χ4n) is 2.86. The molecule has 0 bridgehead atoms. The van der Waals surface area contributed by atoms with Gasteiger partial charge in [0.1, 0.15) is 0 Å². The number of ether oxygens (including phenoxy) is 1. The molecule has 0 aliphatic carbocycles. The van der Waals surface area contributed by atoms with E-state index in [1.807, 2.05) is 6.92 Å². The number of nitrogens with one attached hydrogen (secondary N) is 1. The molecule has 7 heteroatoms. The van der Waals surface area contributed by atoms with Crippen LogP contribution in [0.4, 0.5) is 0 Å². The molecule has 1 aromatic carbocycles. The highest BCUT2D eigenvalue weighted by Gasteiger charge is 2.35. The Morgan fingerprint density at radius 1 is 1.20 bits per heavy atom. The molecular weight excluding hydrogens is 365 g/mol. The van der Waals surface area contributed by atoms with Gasteiger partial charge in [0.25, 0.3) is 0 Å². The zero-order valence-electron chi connectivity index (χ0n) is 14.1. The number of carboxylic acids is 1. The number of halogens is 2. The Labute approximate surface area is 156 Å². The average Bonchev–Trinajstić information content (AvgIpc) is 2.54. The van der Waals surface area contributed by atoms with Gasteiger partial charge in [-0.2, -0.15) is 0 Å². The lowest BCUT2D eigenvalue weighted by molar-refractivity contribution is -0.299. The van der Waals surface area contributed by atoms with Crippen LogP contribution in [0.3, 0.4) is 0 Å². The highest BCUT2D eigenvalue weighted by Crippen LogP contribution is 2.42. The zero-order chi connectivity index (χ0) is 18.7. The molecule has 0 aromatic heterocycles. The lowest BCUT2D eigenvalue weighted by Gasteiger charge is -2.32. The van der Waals surface area contributed by atoms with E-state index in [-0.39, 0.29) is 27.8 Å². The molecule has 1 heterocycles. The molecule has 1 aromatic rings. The molecule has 1 unspecified atom stereocenters. The van der Waals surface area contributed by atoms with Crippen molar-refractivity contribution in [2.24, 2.45) is 0 Å². The van der Waals surface area contributed by atoms with Crippen molar-refractivity contribution in [2.75, 3.05) is 6.61 Å². The van der Waals surface area contributed by atoms with Gasteiger partial charge in [0.15, 0.2) is 0 Å². The van der Waals surface area contributed by atoms with E-state index >= 15 is 0 Å². The molecule has 1 N–H and O–H groups in total. The Hall–Kier alpha value is -1.98. The van der Waals surface area contributed by atoms with E-state index in [0.29, 0.717) is 23.4 Å². The maximum Gasteiger partial charge on any atom is 0.336 e. The number of carbonyl (C=O) groups is 2. The van der Waals surface area contributed by atoms with Crippen molar-refractivity contribution >= 4 is 35.1 Å². The zero-order valence-corrected chi connectivity index (χ0v) is 15.6. The van der Waals surface area contributed by atoms with Crippen LogP contribution in [-0.4, -0.2) is 18.5 Å². The second kappa shape index (κ2) is 7.93. The Balaban J connectivity index is 2.67. The molecule has 2 rings (SSSR count). The summed E-state index contributed by atoms with van der Waals surface area (Å²) < 4.78 is 5.24. The molecule has 1 aliphatic rings. The molecule has 0 spiro atoms. The van der Waals surface area contributed by atoms with Gasteiger partial charge in [0.2, 0.25) is 0 Å². The average molecular weight is 383 g/mol. The van der Waals surface area contributed by atoms with Gasteiger partial charge in [-0.15, -0.1) is 0 Å². The largest absolute Gasteiger partial charge is 0.545 e. The fraction of sp³-hybridized carbons (Fsp3) is 0.333. The number of allylic oxidation sites excluding steroid dienone is 2. The van der Waals surface area contributed by atoms with Crippen LogP contribution in [0.5, 0.6) is 0 Å². The van der Waals surface area contributed by atoms with E-state index in [0.717, 1.165) is 0 Å². The Bertz CT molecular complexity index is 783. The van der Waals surface area contributed by atoms with Crippen LogP contribution in [0.15, 0.2) is 40.7 Å². The topological polar surface area (TPSA) is 78.5 Å². The Morgan fingerprint density at radius 3 is 2.44 bits per heavy atom. The first kappa shape index (κ1) is 19.3. The number of carboxylic acid groups (broad SMARTS) is 1. The summed E-state index contributed by atoms with van der Waals surface area (Å²) in [5.74, 6) is -2.92. The number of rotatable bonds is 5. The van der Waals surface area contributed by atoms with E-state index in [1.165, 1.54) is 0 Å². The summed E-state index contributed by atoms with van der Waals surface area (Å²) in [6, 6.07) is 4.88. The molecule has 0 amide bonds. The lowest BCUT2D eigenvalue weighted by Crippen LogP contribution is -2.37. The van der Waals surface area contributed by atoms with Crippen molar-refractivity contribution in [1.29, 1.82) is 0 Å². The van der Waals surface area contributed by atoms with Crippen molar-refractivity contribution in [2.45, 2.75) is 33.1 Å².